The number of H-pyrrole nitrogens is 1. The summed E-state index contributed by atoms with van der Waals surface area (Å²) in [5, 5.41) is 5.07. The third-order valence-electron chi connectivity index (χ3n) is 9.15. The van der Waals surface area contributed by atoms with Gasteiger partial charge >= 0.3 is 6.09 Å². The Morgan fingerprint density at radius 1 is 1.05 bits per heavy atom. The van der Waals surface area contributed by atoms with Crippen molar-refractivity contribution in [1.82, 2.24) is 30.2 Å². The Labute approximate surface area is 339 Å². The standard InChI is InChI=1S/C36H42F2N6O9S.C4H10/c1-19(31(37)38)27(34(48)43-54-22-9-10-22)41-32(46)24-8-5-13-44(24)26(45)15-39-35(49)51-17-36(2,3)16-50-21-7-4-6-20(14-21)28-33(47)42-29-23(40-28)11-12-25-30(29)53-18-52-25;1-4(2)3/h4,6-7,11-12,14,19,22,24,27,31H,5,8-10,13,15-18H2,1-3H3,(H,39,49)(H,41,46)(H,42,47)(H,43,48);4H,1-3H3/t19-,24?,27?;/m1./s1. The average Bonchev–Trinajstić information content (AvgIpc) is 3.64. The van der Waals surface area contributed by atoms with Crippen molar-refractivity contribution in [2.24, 2.45) is 17.3 Å². The number of alkyl halides is 2. The van der Waals surface area contributed by atoms with E-state index in [1.807, 2.05) is 13.8 Å². The molecule has 3 aliphatic rings. The number of aromatic amines is 1. The zero-order valence-electron chi connectivity index (χ0n) is 33.5. The number of nitrogens with one attached hydrogen (secondary N) is 4. The number of fused-ring (bicyclic) bond motifs is 3. The van der Waals surface area contributed by atoms with E-state index in [0.717, 1.165) is 30.7 Å². The number of likely N-dealkylation sites (tertiary alicyclic amines) is 1. The molecule has 1 saturated heterocycles. The van der Waals surface area contributed by atoms with Crippen LogP contribution in [0.25, 0.3) is 22.3 Å². The van der Waals surface area contributed by atoms with Gasteiger partial charge in [0.2, 0.25) is 25.0 Å². The fourth-order valence-electron chi connectivity index (χ4n) is 5.89. The minimum Gasteiger partial charge on any atom is -0.493 e. The van der Waals surface area contributed by atoms with Crippen molar-refractivity contribution in [1.29, 1.82) is 0 Å². The molecule has 4 amide bonds. The summed E-state index contributed by atoms with van der Waals surface area (Å²) in [6.45, 7) is 11.2. The van der Waals surface area contributed by atoms with Crippen molar-refractivity contribution in [2.75, 3.05) is 33.1 Å². The van der Waals surface area contributed by atoms with Gasteiger partial charge < -0.3 is 39.5 Å². The van der Waals surface area contributed by atoms with Gasteiger partial charge in [0.05, 0.1) is 12.1 Å². The van der Waals surface area contributed by atoms with Crippen LogP contribution >= 0.6 is 11.9 Å². The molecule has 4 N–H and O–H groups in total. The lowest BCUT2D eigenvalue weighted by atomic mass is 9.96. The molecule has 1 saturated carbocycles. The third-order valence-corrected chi connectivity index (χ3v) is 10.3. The fraction of sp³-hybridized carbons (Fsp3) is 0.550. The van der Waals surface area contributed by atoms with Crippen molar-refractivity contribution < 1.29 is 46.9 Å². The van der Waals surface area contributed by atoms with E-state index in [1.54, 1.807) is 36.4 Å². The van der Waals surface area contributed by atoms with Crippen LogP contribution in [-0.2, 0) is 19.1 Å². The van der Waals surface area contributed by atoms with E-state index in [9.17, 15) is 32.8 Å². The lowest BCUT2D eigenvalue weighted by Crippen LogP contribution is -2.56. The highest BCUT2D eigenvalue weighted by atomic mass is 32.2. The lowest BCUT2D eigenvalue weighted by molar-refractivity contribution is -0.139. The molecule has 15 nitrogen and oxygen atoms in total. The average molecular weight is 831 g/mol. The summed E-state index contributed by atoms with van der Waals surface area (Å²) in [6.07, 6.45) is -1.13. The van der Waals surface area contributed by atoms with Crippen molar-refractivity contribution >= 4 is 46.8 Å². The Kier molecular flexibility index (Phi) is 14.8. The molecule has 18 heteroatoms. The molecule has 2 fully saturated rings. The van der Waals surface area contributed by atoms with Crippen LogP contribution in [0.15, 0.2) is 41.2 Å². The molecule has 6 rings (SSSR count). The van der Waals surface area contributed by atoms with E-state index in [4.69, 9.17) is 18.9 Å². The molecule has 316 valence electrons. The molecule has 2 aromatic carbocycles. The zero-order valence-corrected chi connectivity index (χ0v) is 34.3. The van der Waals surface area contributed by atoms with E-state index in [1.165, 1.54) is 11.8 Å². The Balaban J connectivity index is 0.00000153. The Hall–Kier alpha value is -5.13. The summed E-state index contributed by atoms with van der Waals surface area (Å²) < 4.78 is 52.0. The lowest BCUT2D eigenvalue weighted by Gasteiger charge is -2.28. The molecule has 3 heterocycles. The highest BCUT2D eigenvalue weighted by Gasteiger charge is 2.39. The maximum Gasteiger partial charge on any atom is 0.407 e. The minimum atomic E-state index is -2.86. The van der Waals surface area contributed by atoms with E-state index < -0.39 is 65.8 Å². The Morgan fingerprint density at radius 3 is 2.50 bits per heavy atom. The van der Waals surface area contributed by atoms with Gasteiger partial charge in [0.15, 0.2) is 11.5 Å². The molecule has 2 unspecified atom stereocenters. The molecule has 0 bridgehead atoms. The van der Waals surface area contributed by atoms with Crippen LogP contribution in [0.2, 0.25) is 0 Å². The van der Waals surface area contributed by atoms with Crippen molar-refractivity contribution in [3.63, 3.8) is 0 Å². The number of carbonyl (C=O) groups is 4. The topological polar surface area (TPSA) is 190 Å². The van der Waals surface area contributed by atoms with Gasteiger partial charge in [0.1, 0.15) is 42.2 Å². The van der Waals surface area contributed by atoms with Crippen molar-refractivity contribution in [2.45, 2.75) is 91.0 Å². The molecule has 58 heavy (non-hydrogen) atoms. The second kappa shape index (κ2) is 19.5. The molecule has 0 spiro atoms. The number of hydrogen-bond donors (Lipinski definition) is 4. The molecular formula is C40H52F2N6O9S. The smallest absolute Gasteiger partial charge is 0.407 e. The number of rotatable bonds is 15. The number of alkyl carbamates (subject to hydrolysis) is 1. The van der Waals surface area contributed by atoms with Crippen LogP contribution in [0.3, 0.4) is 0 Å². The molecule has 3 aromatic rings. The first kappa shape index (κ1) is 44.0. The molecule has 0 radical (unpaired) electrons. The molecule has 2 aliphatic heterocycles. The predicted molar refractivity (Wildman–Crippen MR) is 214 cm³/mol. The summed E-state index contributed by atoms with van der Waals surface area (Å²) in [7, 11) is 0. The number of ether oxygens (including phenoxy) is 4. The summed E-state index contributed by atoms with van der Waals surface area (Å²) in [5.41, 5.74) is 0.603. The Morgan fingerprint density at radius 2 is 1.79 bits per heavy atom. The maximum atomic E-state index is 13.6. The normalized spacial score (nSPS) is 17.0. The fourth-order valence-corrected chi connectivity index (χ4v) is 6.67. The summed E-state index contributed by atoms with van der Waals surface area (Å²) in [5.74, 6) is -1.20. The number of amides is 4. The quantitative estimate of drug-likeness (QED) is 0.143. The van der Waals surface area contributed by atoms with Crippen molar-refractivity contribution in [3.8, 4) is 28.5 Å². The van der Waals surface area contributed by atoms with Crippen LogP contribution in [-0.4, -0.2) is 95.5 Å². The van der Waals surface area contributed by atoms with Crippen LogP contribution in [0.4, 0.5) is 13.6 Å². The van der Waals surface area contributed by atoms with E-state index in [-0.39, 0.29) is 43.9 Å². The largest absolute Gasteiger partial charge is 0.493 e. The molecule has 1 aliphatic carbocycles. The van der Waals surface area contributed by atoms with Gasteiger partial charge in [0.25, 0.3) is 11.5 Å². The van der Waals surface area contributed by atoms with Crippen LogP contribution in [0, 0.1) is 17.3 Å². The molecule has 1 aromatic heterocycles. The summed E-state index contributed by atoms with van der Waals surface area (Å²) in [4.78, 5) is 73.1. The number of halogens is 2. The summed E-state index contributed by atoms with van der Waals surface area (Å²) >= 11 is 1.15. The van der Waals surface area contributed by atoms with E-state index >= 15 is 0 Å². The number of benzene rings is 2. The van der Waals surface area contributed by atoms with E-state index in [0.29, 0.717) is 40.3 Å². The van der Waals surface area contributed by atoms with Crippen LogP contribution < -0.4 is 35.1 Å². The van der Waals surface area contributed by atoms with Gasteiger partial charge in [-0.2, -0.15) is 0 Å². The zero-order chi connectivity index (χ0) is 42.1. The number of hydrogen-bond acceptors (Lipinski definition) is 11. The Bertz CT molecular complexity index is 2010. The highest BCUT2D eigenvalue weighted by molar-refractivity contribution is 7.98. The van der Waals surface area contributed by atoms with Crippen LogP contribution in [0.5, 0.6) is 17.2 Å². The number of nitrogens with zero attached hydrogens (tertiary/aromatic N) is 2. The van der Waals surface area contributed by atoms with Gasteiger partial charge in [0, 0.05) is 28.7 Å². The number of aromatic nitrogens is 2. The monoisotopic (exact) mass is 830 g/mol. The SMILES string of the molecule is CC(C)C.C[C@@H](C(F)F)C(NC(=O)C1CCCN1C(=O)CNC(=O)OCC(C)(C)COc1cccc(-c2nc3ccc4c(c3[nH]c2=O)OCO4)c1)C(=O)NSC1CC1. The predicted octanol–water partition coefficient (Wildman–Crippen LogP) is 5.42. The van der Waals surface area contributed by atoms with E-state index in [2.05, 4.69) is 46.1 Å². The summed E-state index contributed by atoms with van der Waals surface area (Å²) in [6, 6.07) is 7.86. The second-order valence-electron chi connectivity index (χ2n) is 16.0. The van der Waals surface area contributed by atoms with Crippen molar-refractivity contribution in [3.05, 3.63) is 46.8 Å². The molecule has 3 atom stereocenters. The third kappa shape index (κ3) is 12.0. The first-order valence-electron chi connectivity index (χ1n) is 19.3. The first-order valence-corrected chi connectivity index (χ1v) is 20.2. The van der Waals surface area contributed by atoms with Gasteiger partial charge in [-0.15, -0.1) is 0 Å². The number of carbonyl (C=O) groups excluding carboxylic acids is 4. The minimum absolute atomic E-state index is 0.0591. The highest BCUT2D eigenvalue weighted by Crippen LogP contribution is 2.37. The van der Waals surface area contributed by atoms with Gasteiger partial charge in [-0.25, -0.2) is 18.6 Å². The molecular weight excluding hydrogens is 779 g/mol. The first-order chi connectivity index (χ1) is 27.5. The maximum absolute atomic E-state index is 13.6. The van der Waals surface area contributed by atoms with Gasteiger partial charge in [-0.1, -0.05) is 53.7 Å². The van der Waals surface area contributed by atoms with Crippen LogP contribution in [0.1, 0.15) is 67.2 Å². The second-order valence-corrected chi connectivity index (χ2v) is 17.1. The van der Waals surface area contributed by atoms with Gasteiger partial charge in [-0.3, -0.25) is 23.9 Å². The van der Waals surface area contributed by atoms with Gasteiger partial charge in [-0.05, 0) is 67.8 Å².